The van der Waals surface area contributed by atoms with Crippen LogP contribution in [-0.4, -0.2) is 22.3 Å². The number of hydrogen-bond donors (Lipinski definition) is 2. The molecule has 66 valence electrons. The van der Waals surface area contributed by atoms with E-state index in [2.05, 4.69) is 0 Å². The largest absolute Gasteiger partial charge is 0.479 e. The topological polar surface area (TPSA) is 57.5 Å². The van der Waals surface area contributed by atoms with Crippen LogP contribution in [0.1, 0.15) is 4.88 Å². The molecule has 0 aliphatic heterocycles. The minimum absolute atomic E-state index is 0.0752. The van der Waals surface area contributed by atoms with E-state index in [0.717, 1.165) is 0 Å². The van der Waals surface area contributed by atoms with Crippen LogP contribution in [0, 0.1) is 0 Å². The summed E-state index contributed by atoms with van der Waals surface area (Å²) in [6, 6.07) is 1.68. The van der Waals surface area contributed by atoms with Gasteiger partial charge in [0.25, 0.3) is 0 Å². The van der Waals surface area contributed by atoms with E-state index in [1.165, 1.54) is 11.3 Å². The number of thiophene rings is 1. The fourth-order valence-electron chi connectivity index (χ4n) is 0.734. The molecule has 1 heterocycles. The first-order valence-electron chi connectivity index (χ1n) is 3.24. The van der Waals surface area contributed by atoms with Gasteiger partial charge in [-0.2, -0.15) is 0 Å². The monoisotopic (exact) mass is 206 g/mol. The number of halogens is 1. The number of aliphatic carboxylic acids is 1. The third-order valence-corrected chi connectivity index (χ3v) is 2.76. The zero-order valence-corrected chi connectivity index (χ0v) is 7.60. The van der Waals surface area contributed by atoms with Crippen molar-refractivity contribution in [3.05, 3.63) is 21.3 Å². The Morgan fingerprint density at radius 3 is 2.83 bits per heavy atom. The second-order valence-corrected chi connectivity index (χ2v) is 3.66. The maximum Gasteiger partial charge on any atom is 0.332 e. The average molecular weight is 207 g/mol. The first kappa shape index (κ1) is 9.51. The molecule has 1 aromatic rings. The molecule has 2 N–H and O–H groups in total. The summed E-state index contributed by atoms with van der Waals surface area (Å²) in [5.41, 5.74) is 0. The molecule has 1 aromatic heterocycles. The lowest BCUT2D eigenvalue weighted by Crippen LogP contribution is -2.21. The van der Waals surface area contributed by atoms with E-state index in [4.69, 9.17) is 21.8 Å². The highest BCUT2D eigenvalue weighted by Gasteiger charge is 2.15. The molecule has 12 heavy (non-hydrogen) atoms. The van der Waals surface area contributed by atoms with Gasteiger partial charge < -0.3 is 10.2 Å². The van der Waals surface area contributed by atoms with Gasteiger partial charge in [-0.15, -0.1) is 11.3 Å². The summed E-state index contributed by atoms with van der Waals surface area (Å²) in [5, 5.41) is 19.6. The molecule has 0 radical (unpaired) electrons. The SMILES string of the molecule is O=C(O)[C@@H](O)Cc1sccc1Cl. The molecule has 0 amide bonds. The Labute approximate surface area is 78.2 Å². The van der Waals surface area contributed by atoms with Gasteiger partial charge in [0.15, 0.2) is 6.10 Å². The van der Waals surface area contributed by atoms with Crippen LogP contribution >= 0.6 is 22.9 Å². The molecule has 0 unspecified atom stereocenters. The van der Waals surface area contributed by atoms with Crippen molar-refractivity contribution < 1.29 is 15.0 Å². The molecular weight excluding hydrogens is 200 g/mol. The minimum atomic E-state index is -1.36. The quantitative estimate of drug-likeness (QED) is 0.786. The van der Waals surface area contributed by atoms with E-state index in [1.807, 2.05) is 0 Å². The molecule has 0 fully saturated rings. The second kappa shape index (κ2) is 3.89. The van der Waals surface area contributed by atoms with Gasteiger partial charge in [-0.05, 0) is 11.4 Å². The molecule has 0 aromatic carbocycles. The van der Waals surface area contributed by atoms with E-state index in [9.17, 15) is 4.79 Å². The van der Waals surface area contributed by atoms with Gasteiger partial charge in [-0.25, -0.2) is 4.79 Å². The van der Waals surface area contributed by atoms with Crippen molar-refractivity contribution in [2.45, 2.75) is 12.5 Å². The Morgan fingerprint density at radius 1 is 1.75 bits per heavy atom. The number of carboxylic acid groups (broad SMARTS) is 1. The zero-order chi connectivity index (χ0) is 9.14. The van der Waals surface area contributed by atoms with Gasteiger partial charge in [0.2, 0.25) is 0 Å². The smallest absolute Gasteiger partial charge is 0.332 e. The van der Waals surface area contributed by atoms with E-state index in [0.29, 0.717) is 9.90 Å². The molecule has 3 nitrogen and oxygen atoms in total. The number of carboxylic acids is 1. The van der Waals surface area contributed by atoms with Crippen molar-refractivity contribution in [3.8, 4) is 0 Å². The standard InChI is InChI=1S/C7H7ClO3S/c8-4-1-2-12-6(4)3-5(9)7(10)11/h1-2,5,9H,3H2,(H,10,11)/t5-/m0/s1. The number of aliphatic hydroxyl groups excluding tert-OH is 1. The fourth-order valence-corrected chi connectivity index (χ4v) is 1.89. The Balaban J connectivity index is 2.64. The zero-order valence-electron chi connectivity index (χ0n) is 6.03. The van der Waals surface area contributed by atoms with Crippen LogP contribution in [0.4, 0.5) is 0 Å². The highest BCUT2D eigenvalue weighted by Crippen LogP contribution is 2.23. The third kappa shape index (κ3) is 2.20. The molecule has 0 aliphatic rings. The van der Waals surface area contributed by atoms with Crippen LogP contribution in [0.25, 0.3) is 0 Å². The average Bonchev–Trinajstić information content (AvgIpc) is 2.36. The van der Waals surface area contributed by atoms with Crippen molar-refractivity contribution in [1.29, 1.82) is 0 Å². The van der Waals surface area contributed by atoms with Crippen LogP contribution < -0.4 is 0 Å². The van der Waals surface area contributed by atoms with Gasteiger partial charge in [-0.3, -0.25) is 0 Å². The van der Waals surface area contributed by atoms with Gasteiger partial charge in [-0.1, -0.05) is 11.6 Å². The Morgan fingerprint density at radius 2 is 2.42 bits per heavy atom. The number of hydrogen-bond acceptors (Lipinski definition) is 3. The predicted octanol–water partition coefficient (Wildman–Crippen LogP) is 1.39. The highest BCUT2D eigenvalue weighted by atomic mass is 35.5. The summed E-state index contributed by atoms with van der Waals surface area (Å²) < 4.78 is 0. The molecule has 1 rings (SSSR count). The van der Waals surface area contributed by atoms with E-state index < -0.39 is 12.1 Å². The lowest BCUT2D eigenvalue weighted by Gasteiger charge is -2.02. The minimum Gasteiger partial charge on any atom is -0.479 e. The normalized spacial score (nSPS) is 12.8. The highest BCUT2D eigenvalue weighted by molar-refractivity contribution is 7.10. The second-order valence-electron chi connectivity index (χ2n) is 2.25. The van der Waals surface area contributed by atoms with Crippen molar-refractivity contribution in [1.82, 2.24) is 0 Å². The molecule has 0 saturated carbocycles. The van der Waals surface area contributed by atoms with Gasteiger partial charge >= 0.3 is 5.97 Å². The van der Waals surface area contributed by atoms with E-state index in [-0.39, 0.29) is 6.42 Å². The van der Waals surface area contributed by atoms with Crippen LogP contribution in [0.3, 0.4) is 0 Å². The summed E-state index contributed by atoms with van der Waals surface area (Å²) in [7, 11) is 0. The Kier molecular flexibility index (Phi) is 3.08. The maximum atomic E-state index is 10.2. The first-order valence-corrected chi connectivity index (χ1v) is 4.49. The van der Waals surface area contributed by atoms with Crippen LogP contribution in [0.5, 0.6) is 0 Å². The van der Waals surface area contributed by atoms with Crippen molar-refractivity contribution in [3.63, 3.8) is 0 Å². The van der Waals surface area contributed by atoms with Crippen molar-refractivity contribution in [2.75, 3.05) is 0 Å². The summed E-state index contributed by atoms with van der Waals surface area (Å²) in [4.78, 5) is 10.9. The maximum absolute atomic E-state index is 10.2. The lowest BCUT2D eigenvalue weighted by atomic mass is 10.2. The first-order chi connectivity index (χ1) is 5.61. The lowest BCUT2D eigenvalue weighted by molar-refractivity contribution is -0.146. The summed E-state index contributed by atoms with van der Waals surface area (Å²) in [6.45, 7) is 0. The summed E-state index contributed by atoms with van der Waals surface area (Å²) >= 11 is 7.03. The summed E-state index contributed by atoms with van der Waals surface area (Å²) in [6.07, 6.45) is -1.28. The Hall–Kier alpha value is -0.580. The molecule has 1 atom stereocenters. The van der Waals surface area contributed by atoms with Gasteiger partial charge in [0.05, 0.1) is 5.02 Å². The number of carbonyl (C=O) groups is 1. The van der Waals surface area contributed by atoms with E-state index >= 15 is 0 Å². The Bertz CT molecular complexity index is 284. The molecule has 0 saturated heterocycles. The third-order valence-electron chi connectivity index (χ3n) is 1.35. The van der Waals surface area contributed by atoms with Crippen molar-refractivity contribution >= 4 is 28.9 Å². The molecular formula is C7H7ClO3S. The van der Waals surface area contributed by atoms with Gasteiger partial charge in [0.1, 0.15) is 0 Å². The molecule has 0 aliphatic carbocycles. The molecule has 0 spiro atoms. The number of rotatable bonds is 3. The van der Waals surface area contributed by atoms with Crippen LogP contribution in [-0.2, 0) is 11.2 Å². The fraction of sp³-hybridized carbons (Fsp3) is 0.286. The number of aliphatic hydroxyl groups is 1. The van der Waals surface area contributed by atoms with E-state index in [1.54, 1.807) is 11.4 Å². The summed E-state index contributed by atoms with van der Waals surface area (Å²) in [5.74, 6) is -1.22. The molecule has 0 bridgehead atoms. The van der Waals surface area contributed by atoms with Gasteiger partial charge in [0, 0.05) is 11.3 Å². The van der Waals surface area contributed by atoms with Crippen LogP contribution in [0.15, 0.2) is 11.4 Å². The predicted molar refractivity (Wildman–Crippen MR) is 46.7 cm³/mol. The van der Waals surface area contributed by atoms with Crippen LogP contribution in [0.2, 0.25) is 5.02 Å². The van der Waals surface area contributed by atoms with Crippen molar-refractivity contribution in [2.24, 2.45) is 0 Å². The molecule has 5 heteroatoms.